The van der Waals surface area contributed by atoms with Crippen molar-refractivity contribution in [3.05, 3.63) is 52.6 Å². The summed E-state index contributed by atoms with van der Waals surface area (Å²) in [5.41, 5.74) is 2.27. The molecule has 1 saturated heterocycles. The minimum absolute atomic E-state index is 0.0313. The van der Waals surface area contributed by atoms with Crippen LogP contribution in [0.4, 0.5) is 24.7 Å². The number of aliphatic hydroxyl groups is 1. The van der Waals surface area contributed by atoms with Gasteiger partial charge in [0.05, 0.1) is 40.8 Å². The highest BCUT2D eigenvalue weighted by Crippen LogP contribution is 2.35. The fourth-order valence-electron chi connectivity index (χ4n) is 4.69. The van der Waals surface area contributed by atoms with Crippen LogP contribution in [0.1, 0.15) is 42.4 Å². The summed E-state index contributed by atoms with van der Waals surface area (Å²) in [6.07, 6.45) is 0. The monoisotopic (exact) mass is 503 g/mol. The lowest BCUT2D eigenvalue weighted by molar-refractivity contribution is -0.0583. The number of fused-ring (bicyclic) bond motifs is 1. The van der Waals surface area contributed by atoms with Gasteiger partial charge in [0.1, 0.15) is 12.4 Å². The van der Waals surface area contributed by atoms with Gasteiger partial charge in [-0.15, -0.1) is 5.10 Å². The molecule has 2 aromatic heterocycles. The lowest BCUT2D eigenvalue weighted by Gasteiger charge is -2.26. The summed E-state index contributed by atoms with van der Waals surface area (Å²) in [4.78, 5) is 6.94. The maximum Gasteiger partial charge on any atom is 0.298 e. The third-order valence-corrected chi connectivity index (χ3v) is 6.96. The van der Waals surface area contributed by atoms with Crippen LogP contribution in [0.5, 0.6) is 0 Å². The lowest BCUT2D eigenvalue weighted by atomic mass is 9.97. The van der Waals surface area contributed by atoms with Crippen LogP contribution in [0.25, 0.3) is 10.9 Å². The molecule has 3 atom stereocenters. The van der Waals surface area contributed by atoms with Gasteiger partial charge in [-0.3, -0.25) is 0 Å². The van der Waals surface area contributed by atoms with Crippen LogP contribution in [0, 0.1) is 31.5 Å². The number of pyridine rings is 1. The van der Waals surface area contributed by atoms with E-state index in [0.717, 1.165) is 37.2 Å². The summed E-state index contributed by atoms with van der Waals surface area (Å²) in [6.45, 7) is 8.41. The molecule has 0 unspecified atom stereocenters. The van der Waals surface area contributed by atoms with Gasteiger partial charge in [-0.25, -0.2) is 9.37 Å². The second-order valence-corrected chi connectivity index (χ2v) is 9.72. The molecule has 194 valence electrons. The highest BCUT2D eigenvalue weighted by atomic mass is 19.3. The van der Waals surface area contributed by atoms with E-state index in [4.69, 9.17) is 14.8 Å². The van der Waals surface area contributed by atoms with E-state index in [1.165, 1.54) is 12.1 Å². The topological polar surface area (TPSA) is 83.4 Å². The molecule has 0 spiro atoms. The molecule has 0 saturated carbocycles. The molecule has 36 heavy (non-hydrogen) atoms. The third kappa shape index (κ3) is 4.97. The second kappa shape index (κ2) is 10.2. The molecule has 1 aliphatic rings. The zero-order valence-corrected chi connectivity index (χ0v) is 21.1. The third-order valence-electron chi connectivity index (χ3n) is 6.96. The number of hydrogen-bond acceptors (Lipinski definition) is 7. The molecule has 0 aliphatic carbocycles. The smallest absolute Gasteiger partial charge is 0.298 e. The number of aryl methyl sites for hydroxylation is 2. The van der Waals surface area contributed by atoms with Gasteiger partial charge < -0.3 is 20.1 Å². The average molecular weight is 504 g/mol. The van der Waals surface area contributed by atoms with Crippen molar-refractivity contribution < 1.29 is 23.0 Å². The standard InChI is InChI=1S/C26H32F3N5O2/c1-14-11-36-12-18(14)10-34(5)22-9-20-24(30-16(22)3)17(4)32-33-25(20)31-15(2)19-7-6-8-21(23(19)27)26(28,29)13-35/h6-9,14-15,18,35H,10-13H2,1-5H3,(H,31,33)/t14-,15+,18+/m0/s1. The second-order valence-electron chi connectivity index (χ2n) is 9.72. The van der Waals surface area contributed by atoms with Gasteiger partial charge in [-0.2, -0.15) is 13.9 Å². The molecule has 2 N–H and O–H groups in total. The van der Waals surface area contributed by atoms with Gasteiger partial charge in [0, 0.05) is 37.1 Å². The average Bonchev–Trinajstić information content (AvgIpc) is 3.24. The fourth-order valence-corrected chi connectivity index (χ4v) is 4.69. The highest BCUT2D eigenvalue weighted by molar-refractivity contribution is 5.93. The predicted octanol–water partition coefficient (Wildman–Crippen LogP) is 4.76. The van der Waals surface area contributed by atoms with E-state index < -0.39 is 30.0 Å². The molecular weight excluding hydrogens is 471 g/mol. The Bertz CT molecular complexity index is 1260. The number of halogens is 3. The van der Waals surface area contributed by atoms with Crippen molar-refractivity contribution in [2.45, 2.75) is 39.7 Å². The Hall–Kier alpha value is -2.98. The SMILES string of the molecule is Cc1nc2c(C)nnc(N[C@H](C)c3cccc(C(F)(F)CO)c3F)c2cc1N(C)C[C@@H]1COC[C@@H]1C. The zero-order chi connectivity index (χ0) is 26.2. The van der Waals surface area contributed by atoms with Crippen molar-refractivity contribution in [1.82, 2.24) is 15.2 Å². The number of aromatic nitrogens is 3. The molecule has 3 aromatic rings. The Morgan fingerprint density at radius 3 is 2.64 bits per heavy atom. The van der Waals surface area contributed by atoms with Crippen molar-refractivity contribution >= 4 is 22.4 Å². The van der Waals surface area contributed by atoms with E-state index in [0.29, 0.717) is 34.3 Å². The molecule has 0 radical (unpaired) electrons. The van der Waals surface area contributed by atoms with E-state index in [9.17, 15) is 8.78 Å². The number of anilines is 2. The van der Waals surface area contributed by atoms with Crippen LogP contribution < -0.4 is 10.2 Å². The zero-order valence-electron chi connectivity index (χ0n) is 21.1. The molecule has 0 amide bonds. The first-order valence-corrected chi connectivity index (χ1v) is 12.0. The van der Waals surface area contributed by atoms with Gasteiger partial charge in [-0.1, -0.05) is 19.1 Å². The number of aliphatic hydroxyl groups excluding tert-OH is 1. The van der Waals surface area contributed by atoms with E-state index >= 15 is 4.39 Å². The Labute approximate surface area is 208 Å². The number of hydrogen-bond donors (Lipinski definition) is 2. The number of rotatable bonds is 8. The largest absolute Gasteiger partial charge is 0.390 e. The summed E-state index contributed by atoms with van der Waals surface area (Å²) in [5.74, 6) is -3.49. The number of nitrogens with zero attached hydrogens (tertiary/aromatic N) is 4. The Morgan fingerprint density at radius 2 is 1.97 bits per heavy atom. The van der Waals surface area contributed by atoms with Gasteiger partial charge >= 0.3 is 0 Å². The van der Waals surface area contributed by atoms with Crippen molar-refractivity contribution in [3.8, 4) is 0 Å². The summed E-state index contributed by atoms with van der Waals surface area (Å²) in [7, 11) is 2.01. The quantitative estimate of drug-likeness (QED) is 0.459. The van der Waals surface area contributed by atoms with E-state index in [1.807, 2.05) is 27.0 Å². The summed E-state index contributed by atoms with van der Waals surface area (Å²) < 4.78 is 48.7. The van der Waals surface area contributed by atoms with Crippen LogP contribution in [0.3, 0.4) is 0 Å². The van der Waals surface area contributed by atoms with Gasteiger partial charge in [0.25, 0.3) is 5.92 Å². The Morgan fingerprint density at radius 1 is 1.22 bits per heavy atom. The highest BCUT2D eigenvalue weighted by Gasteiger charge is 2.35. The normalized spacial score (nSPS) is 19.0. The molecular formula is C26H32F3N5O2. The van der Waals surface area contributed by atoms with Crippen LogP contribution in [-0.2, 0) is 10.7 Å². The molecule has 1 aliphatic heterocycles. The van der Waals surface area contributed by atoms with Crippen LogP contribution in [-0.4, -0.2) is 53.7 Å². The molecule has 3 heterocycles. The Balaban J connectivity index is 1.69. The first-order chi connectivity index (χ1) is 17.0. The van der Waals surface area contributed by atoms with Crippen molar-refractivity contribution in [2.75, 3.05) is 43.6 Å². The van der Waals surface area contributed by atoms with Gasteiger partial charge in [0.15, 0.2) is 5.82 Å². The van der Waals surface area contributed by atoms with Gasteiger partial charge in [-0.05, 0) is 38.8 Å². The van der Waals surface area contributed by atoms with Crippen molar-refractivity contribution in [3.63, 3.8) is 0 Å². The Kier molecular flexibility index (Phi) is 7.38. The molecule has 1 fully saturated rings. The van der Waals surface area contributed by atoms with Crippen LogP contribution in [0.15, 0.2) is 24.3 Å². The summed E-state index contributed by atoms with van der Waals surface area (Å²) in [6, 6.07) is 5.04. The van der Waals surface area contributed by atoms with E-state index in [2.05, 4.69) is 27.3 Å². The predicted molar refractivity (Wildman–Crippen MR) is 133 cm³/mol. The molecule has 10 heteroatoms. The van der Waals surface area contributed by atoms with E-state index in [1.54, 1.807) is 6.92 Å². The maximum atomic E-state index is 15.0. The maximum absolute atomic E-state index is 15.0. The fraction of sp³-hybridized carbons (Fsp3) is 0.500. The molecule has 1 aromatic carbocycles. The summed E-state index contributed by atoms with van der Waals surface area (Å²) >= 11 is 0. The van der Waals surface area contributed by atoms with Gasteiger partial charge in [0.2, 0.25) is 0 Å². The first-order valence-electron chi connectivity index (χ1n) is 12.0. The van der Waals surface area contributed by atoms with Crippen molar-refractivity contribution in [1.29, 1.82) is 0 Å². The number of alkyl halides is 2. The van der Waals surface area contributed by atoms with Crippen LogP contribution in [0.2, 0.25) is 0 Å². The molecule has 7 nitrogen and oxygen atoms in total. The minimum Gasteiger partial charge on any atom is -0.390 e. The lowest BCUT2D eigenvalue weighted by Crippen LogP contribution is -2.29. The summed E-state index contributed by atoms with van der Waals surface area (Å²) in [5, 5.41) is 21.3. The van der Waals surface area contributed by atoms with Crippen LogP contribution >= 0.6 is 0 Å². The number of ether oxygens (including phenoxy) is 1. The molecule has 0 bridgehead atoms. The van der Waals surface area contributed by atoms with E-state index in [-0.39, 0.29) is 5.56 Å². The molecule has 4 rings (SSSR count). The number of benzene rings is 1. The minimum atomic E-state index is -3.68. The first kappa shape index (κ1) is 26.1. The van der Waals surface area contributed by atoms with Crippen molar-refractivity contribution in [2.24, 2.45) is 11.8 Å². The number of nitrogens with one attached hydrogen (secondary N) is 1.